The second kappa shape index (κ2) is 5.87. The molecule has 0 atom stereocenters. The highest BCUT2D eigenvalue weighted by atomic mass is 35.5. The summed E-state index contributed by atoms with van der Waals surface area (Å²) in [5, 5.41) is 0.0953. The van der Waals surface area contributed by atoms with Gasteiger partial charge in [0, 0.05) is 6.07 Å². The molecule has 1 aromatic carbocycles. The van der Waals surface area contributed by atoms with E-state index in [1.165, 1.54) is 37.6 Å². The summed E-state index contributed by atoms with van der Waals surface area (Å²) in [5.74, 6) is 0.378. The van der Waals surface area contributed by atoms with Crippen LogP contribution in [0.2, 0.25) is 10.0 Å². The molecule has 0 fully saturated rings. The van der Waals surface area contributed by atoms with Gasteiger partial charge in [-0.05, 0) is 18.2 Å². The number of pyridine rings is 1. The number of benzene rings is 1. The number of sulfonamides is 1. The fraction of sp³-hybridized carbons (Fsp3) is 0.0833. The van der Waals surface area contributed by atoms with Gasteiger partial charge in [0.1, 0.15) is 4.90 Å². The Morgan fingerprint density at radius 3 is 2.30 bits per heavy atom. The second-order valence-corrected chi connectivity index (χ2v) is 6.18. The van der Waals surface area contributed by atoms with E-state index in [1.54, 1.807) is 6.07 Å². The zero-order chi connectivity index (χ0) is 14.8. The first-order valence-electron chi connectivity index (χ1n) is 5.41. The van der Waals surface area contributed by atoms with Gasteiger partial charge in [-0.3, -0.25) is 4.72 Å². The van der Waals surface area contributed by atoms with Crippen molar-refractivity contribution in [3.63, 3.8) is 0 Å². The molecule has 0 radical (unpaired) electrons. The van der Waals surface area contributed by atoms with Crippen molar-refractivity contribution in [2.45, 2.75) is 4.90 Å². The Morgan fingerprint density at radius 1 is 1.15 bits per heavy atom. The van der Waals surface area contributed by atoms with Gasteiger partial charge in [-0.15, -0.1) is 0 Å². The molecular formula is C12H10Cl2N2O3S. The predicted molar refractivity (Wildman–Crippen MR) is 78.1 cm³/mol. The number of hydrogen-bond acceptors (Lipinski definition) is 4. The number of aromatic nitrogens is 1. The maximum atomic E-state index is 12.3. The van der Waals surface area contributed by atoms with E-state index in [0.29, 0.717) is 5.88 Å². The molecule has 1 heterocycles. The number of rotatable bonds is 4. The molecule has 0 amide bonds. The quantitative estimate of drug-likeness (QED) is 0.933. The molecule has 1 aromatic heterocycles. The van der Waals surface area contributed by atoms with Crippen LogP contribution in [0.4, 0.5) is 5.69 Å². The number of nitrogens with one attached hydrogen (secondary N) is 1. The molecule has 8 heteroatoms. The van der Waals surface area contributed by atoms with Crippen molar-refractivity contribution in [2.75, 3.05) is 11.8 Å². The first kappa shape index (κ1) is 14.9. The molecule has 106 valence electrons. The monoisotopic (exact) mass is 332 g/mol. The normalized spacial score (nSPS) is 11.2. The molecule has 2 rings (SSSR count). The van der Waals surface area contributed by atoms with Crippen molar-refractivity contribution in [1.29, 1.82) is 0 Å². The average molecular weight is 333 g/mol. The lowest BCUT2D eigenvalue weighted by Crippen LogP contribution is -2.14. The van der Waals surface area contributed by atoms with Crippen LogP contribution in [0.3, 0.4) is 0 Å². The maximum Gasteiger partial charge on any atom is 0.264 e. The molecular weight excluding hydrogens is 323 g/mol. The Labute approximate surface area is 126 Å². The van der Waals surface area contributed by atoms with Gasteiger partial charge in [0.2, 0.25) is 5.88 Å². The zero-order valence-electron chi connectivity index (χ0n) is 10.3. The van der Waals surface area contributed by atoms with Gasteiger partial charge < -0.3 is 4.74 Å². The predicted octanol–water partition coefficient (Wildman–Crippen LogP) is 3.20. The van der Waals surface area contributed by atoms with Crippen LogP contribution >= 0.6 is 23.2 Å². The number of anilines is 1. The lowest BCUT2D eigenvalue weighted by molar-refractivity contribution is 0.398. The summed E-state index contributed by atoms with van der Waals surface area (Å²) in [5.41, 5.74) is 0.279. The highest BCUT2D eigenvalue weighted by Gasteiger charge is 2.21. The molecule has 5 nitrogen and oxygen atoms in total. The van der Waals surface area contributed by atoms with Crippen LogP contribution in [0.1, 0.15) is 0 Å². The zero-order valence-corrected chi connectivity index (χ0v) is 12.6. The van der Waals surface area contributed by atoms with Gasteiger partial charge >= 0.3 is 0 Å². The Balaban J connectivity index is 2.35. The molecule has 0 unspecified atom stereocenters. The van der Waals surface area contributed by atoms with Crippen molar-refractivity contribution < 1.29 is 13.2 Å². The maximum absolute atomic E-state index is 12.3. The summed E-state index contributed by atoms with van der Waals surface area (Å²) in [6, 6.07) is 7.53. The molecule has 0 spiro atoms. The molecule has 2 aromatic rings. The number of methoxy groups -OCH3 is 1. The minimum atomic E-state index is -3.89. The van der Waals surface area contributed by atoms with Crippen LogP contribution in [0.25, 0.3) is 0 Å². The smallest absolute Gasteiger partial charge is 0.264 e. The Morgan fingerprint density at radius 2 is 1.80 bits per heavy atom. The topological polar surface area (TPSA) is 68.3 Å². The summed E-state index contributed by atoms with van der Waals surface area (Å²) in [6.07, 6.45) is 1.33. The van der Waals surface area contributed by atoms with Gasteiger partial charge in [0.15, 0.2) is 0 Å². The van der Waals surface area contributed by atoms with Crippen molar-refractivity contribution >= 4 is 38.9 Å². The largest absolute Gasteiger partial charge is 0.481 e. The van der Waals surface area contributed by atoms with Crippen LogP contribution in [0.5, 0.6) is 5.88 Å². The van der Waals surface area contributed by atoms with Crippen molar-refractivity contribution in [3.8, 4) is 5.88 Å². The summed E-state index contributed by atoms with van der Waals surface area (Å²) < 4.78 is 31.8. The Bertz CT molecular complexity index is 698. The van der Waals surface area contributed by atoms with Crippen LogP contribution in [-0.4, -0.2) is 20.5 Å². The van der Waals surface area contributed by atoms with Gasteiger partial charge in [-0.25, -0.2) is 13.4 Å². The number of nitrogens with zero attached hydrogens (tertiary/aromatic N) is 1. The van der Waals surface area contributed by atoms with Crippen molar-refractivity contribution in [1.82, 2.24) is 4.98 Å². The lowest BCUT2D eigenvalue weighted by atomic mass is 10.4. The van der Waals surface area contributed by atoms with E-state index < -0.39 is 10.0 Å². The van der Waals surface area contributed by atoms with Gasteiger partial charge in [0.05, 0.1) is 29.0 Å². The third kappa shape index (κ3) is 3.15. The standard InChI is InChI=1S/C12H10Cl2N2O3S/c1-19-11-6-5-8(7-15-11)16-20(17,18)12-9(13)3-2-4-10(12)14/h2-7,16H,1H3. The van der Waals surface area contributed by atoms with E-state index in [1.807, 2.05) is 0 Å². The number of halogens is 2. The van der Waals surface area contributed by atoms with Crippen LogP contribution < -0.4 is 9.46 Å². The van der Waals surface area contributed by atoms with Gasteiger partial charge in [-0.2, -0.15) is 0 Å². The van der Waals surface area contributed by atoms with E-state index in [2.05, 4.69) is 9.71 Å². The summed E-state index contributed by atoms with van der Waals surface area (Å²) >= 11 is 11.8. The Kier molecular flexibility index (Phi) is 4.37. The molecule has 20 heavy (non-hydrogen) atoms. The minimum Gasteiger partial charge on any atom is -0.481 e. The third-order valence-electron chi connectivity index (χ3n) is 2.39. The lowest BCUT2D eigenvalue weighted by Gasteiger charge is -2.10. The first-order valence-corrected chi connectivity index (χ1v) is 7.65. The number of hydrogen-bond donors (Lipinski definition) is 1. The van der Waals surface area contributed by atoms with Crippen molar-refractivity contribution in [3.05, 3.63) is 46.6 Å². The highest BCUT2D eigenvalue weighted by Crippen LogP contribution is 2.30. The molecule has 0 bridgehead atoms. The molecule has 0 aliphatic rings. The van der Waals surface area contributed by atoms with E-state index >= 15 is 0 Å². The van der Waals surface area contributed by atoms with E-state index in [-0.39, 0.29) is 20.6 Å². The van der Waals surface area contributed by atoms with Crippen LogP contribution in [-0.2, 0) is 10.0 Å². The third-order valence-corrected chi connectivity index (χ3v) is 4.72. The summed E-state index contributed by atoms with van der Waals surface area (Å²) in [4.78, 5) is 3.74. The minimum absolute atomic E-state index is 0.0477. The summed E-state index contributed by atoms with van der Waals surface area (Å²) in [6.45, 7) is 0. The highest BCUT2D eigenvalue weighted by molar-refractivity contribution is 7.93. The molecule has 1 N–H and O–H groups in total. The average Bonchev–Trinajstić information content (AvgIpc) is 2.38. The van der Waals surface area contributed by atoms with Crippen LogP contribution in [0.15, 0.2) is 41.4 Å². The van der Waals surface area contributed by atoms with E-state index in [9.17, 15) is 8.42 Å². The number of ether oxygens (including phenoxy) is 1. The second-order valence-electron chi connectivity index (χ2n) is 3.75. The summed E-state index contributed by atoms with van der Waals surface area (Å²) in [7, 11) is -2.42. The SMILES string of the molecule is COc1ccc(NS(=O)(=O)c2c(Cl)cccc2Cl)cn1. The fourth-order valence-electron chi connectivity index (χ4n) is 1.51. The van der Waals surface area contributed by atoms with Gasteiger partial charge in [-0.1, -0.05) is 29.3 Å². The van der Waals surface area contributed by atoms with Gasteiger partial charge in [0.25, 0.3) is 10.0 Å². The van der Waals surface area contributed by atoms with E-state index in [0.717, 1.165) is 0 Å². The van der Waals surface area contributed by atoms with E-state index in [4.69, 9.17) is 27.9 Å². The molecule has 0 saturated carbocycles. The fourth-order valence-corrected chi connectivity index (χ4v) is 3.70. The molecule has 0 aliphatic carbocycles. The molecule has 0 saturated heterocycles. The Hall–Kier alpha value is -1.50. The molecule has 0 aliphatic heterocycles. The van der Waals surface area contributed by atoms with Crippen molar-refractivity contribution in [2.24, 2.45) is 0 Å². The first-order chi connectivity index (χ1) is 9.44. The van der Waals surface area contributed by atoms with Crippen LogP contribution in [0, 0.1) is 0 Å².